The Hall–Kier alpha value is -1.46. The van der Waals surface area contributed by atoms with E-state index in [1.807, 2.05) is 18.2 Å². The molecule has 1 atom stereocenters. The van der Waals surface area contributed by atoms with Crippen LogP contribution < -0.4 is 20.5 Å². The van der Waals surface area contributed by atoms with E-state index in [9.17, 15) is 0 Å². The molecule has 0 fully saturated rings. The molecular weight excluding hydrogens is 232 g/mol. The second-order valence-electron chi connectivity index (χ2n) is 4.30. The summed E-state index contributed by atoms with van der Waals surface area (Å²) >= 11 is 0. The molecule has 5 nitrogen and oxygen atoms in total. The number of nitrogens with one attached hydrogen (secondary N) is 1. The Morgan fingerprint density at radius 3 is 3.00 bits per heavy atom. The highest BCUT2D eigenvalue weighted by Crippen LogP contribution is 2.34. The number of fused-ring (bicyclic) bond motifs is 1. The normalized spacial score (nSPS) is 14.6. The maximum atomic E-state index is 5.54. The van der Waals surface area contributed by atoms with Crippen molar-refractivity contribution in [2.45, 2.75) is 18.9 Å². The lowest BCUT2D eigenvalue weighted by Crippen LogP contribution is -2.25. The predicted molar refractivity (Wildman–Crippen MR) is 70.1 cm³/mol. The van der Waals surface area contributed by atoms with Crippen molar-refractivity contribution in [3.63, 3.8) is 0 Å². The van der Waals surface area contributed by atoms with Crippen LogP contribution in [0.25, 0.3) is 0 Å². The van der Waals surface area contributed by atoms with Crippen molar-refractivity contribution >= 4 is 5.69 Å². The van der Waals surface area contributed by atoms with Crippen molar-refractivity contribution in [1.82, 2.24) is 0 Å². The fourth-order valence-electron chi connectivity index (χ4n) is 1.98. The first-order chi connectivity index (χ1) is 8.83. The molecule has 0 bridgehead atoms. The van der Waals surface area contributed by atoms with Gasteiger partial charge in [0, 0.05) is 24.9 Å². The lowest BCUT2D eigenvalue weighted by atomic mass is 10.1. The van der Waals surface area contributed by atoms with Gasteiger partial charge >= 0.3 is 0 Å². The summed E-state index contributed by atoms with van der Waals surface area (Å²) in [7, 11) is 1.71. The largest absolute Gasteiger partial charge is 0.454 e. The highest BCUT2D eigenvalue weighted by molar-refractivity contribution is 5.56. The van der Waals surface area contributed by atoms with E-state index in [4.69, 9.17) is 19.9 Å². The van der Waals surface area contributed by atoms with Crippen LogP contribution in [0, 0.1) is 0 Å². The van der Waals surface area contributed by atoms with E-state index in [-0.39, 0.29) is 6.04 Å². The summed E-state index contributed by atoms with van der Waals surface area (Å²) in [6.07, 6.45) is 1.96. The molecule has 3 N–H and O–H groups in total. The third-order valence-corrected chi connectivity index (χ3v) is 2.87. The van der Waals surface area contributed by atoms with Crippen molar-refractivity contribution in [1.29, 1.82) is 0 Å². The maximum Gasteiger partial charge on any atom is 0.231 e. The van der Waals surface area contributed by atoms with Crippen LogP contribution in [-0.4, -0.2) is 33.1 Å². The molecule has 0 saturated carbocycles. The average molecular weight is 252 g/mol. The van der Waals surface area contributed by atoms with Gasteiger partial charge in [-0.15, -0.1) is 0 Å². The zero-order valence-electron chi connectivity index (χ0n) is 10.6. The number of rotatable bonds is 7. The summed E-state index contributed by atoms with van der Waals surface area (Å²) in [6.45, 7) is 1.66. The third-order valence-electron chi connectivity index (χ3n) is 2.87. The minimum absolute atomic E-state index is 0.263. The van der Waals surface area contributed by atoms with Crippen LogP contribution in [0.15, 0.2) is 18.2 Å². The smallest absolute Gasteiger partial charge is 0.231 e. The Morgan fingerprint density at radius 1 is 1.39 bits per heavy atom. The number of ether oxygens (including phenoxy) is 3. The zero-order valence-corrected chi connectivity index (χ0v) is 10.6. The molecule has 1 aliphatic heterocycles. The van der Waals surface area contributed by atoms with Crippen LogP contribution in [0.2, 0.25) is 0 Å². The molecule has 1 unspecified atom stereocenters. The third kappa shape index (κ3) is 3.27. The first-order valence-electron chi connectivity index (χ1n) is 6.18. The molecule has 1 aromatic rings. The summed E-state index contributed by atoms with van der Waals surface area (Å²) in [4.78, 5) is 0. The molecule has 1 heterocycles. The molecule has 5 heteroatoms. The summed E-state index contributed by atoms with van der Waals surface area (Å²) < 4.78 is 15.8. The van der Waals surface area contributed by atoms with Gasteiger partial charge in [-0.05, 0) is 31.5 Å². The minimum atomic E-state index is 0.263. The van der Waals surface area contributed by atoms with Gasteiger partial charge in [-0.3, -0.25) is 0 Å². The van der Waals surface area contributed by atoms with E-state index in [1.165, 1.54) is 0 Å². The lowest BCUT2D eigenvalue weighted by molar-refractivity contribution is 0.174. The molecule has 0 radical (unpaired) electrons. The molecular formula is C13H20N2O3. The van der Waals surface area contributed by atoms with Crippen molar-refractivity contribution in [3.8, 4) is 11.5 Å². The second-order valence-corrected chi connectivity index (χ2v) is 4.30. The highest BCUT2D eigenvalue weighted by atomic mass is 16.7. The number of anilines is 1. The fraction of sp³-hybridized carbons (Fsp3) is 0.538. The lowest BCUT2D eigenvalue weighted by Gasteiger charge is -2.19. The van der Waals surface area contributed by atoms with Gasteiger partial charge in [0.1, 0.15) is 0 Å². The standard InChI is InChI=1S/C13H20N2O3/c1-16-8-11(3-2-6-14)15-10-4-5-12-13(7-10)18-9-17-12/h4-5,7,11,15H,2-3,6,8-9,14H2,1H3. The van der Waals surface area contributed by atoms with E-state index in [1.54, 1.807) is 7.11 Å². The van der Waals surface area contributed by atoms with E-state index in [0.717, 1.165) is 30.0 Å². The Bertz CT molecular complexity index is 384. The molecule has 2 rings (SSSR count). The topological polar surface area (TPSA) is 65.7 Å². The SMILES string of the molecule is COCC(CCCN)Nc1ccc2c(c1)OCO2. The minimum Gasteiger partial charge on any atom is -0.454 e. The average Bonchev–Trinajstić information content (AvgIpc) is 2.83. The molecule has 0 spiro atoms. The van der Waals surface area contributed by atoms with E-state index >= 15 is 0 Å². The molecule has 0 aliphatic carbocycles. The highest BCUT2D eigenvalue weighted by Gasteiger charge is 2.14. The molecule has 18 heavy (non-hydrogen) atoms. The van der Waals surface area contributed by atoms with Crippen molar-refractivity contribution in [3.05, 3.63) is 18.2 Å². The van der Waals surface area contributed by atoms with Crippen molar-refractivity contribution in [2.75, 3.05) is 32.4 Å². The number of methoxy groups -OCH3 is 1. The maximum absolute atomic E-state index is 5.54. The van der Waals surface area contributed by atoms with Crippen LogP contribution >= 0.6 is 0 Å². The van der Waals surface area contributed by atoms with Gasteiger partial charge in [-0.2, -0.15) is 0 Å². The predicted octanol–water partition coefficient (Wildman–Crippen LogP) is 1.58. The monoisotopic (exact) mass is 252 g/mol. The number of benzene rings is 1. The summed E-state index contributed by atoms with van der Waals surface area (Å²) in [5, 5.41) is 3.43. The van der Waals surface area contributed by atoms with Crippen LogP contribution in [0.1, 0.15) is 12.8 Å². The van der Waals surface area contributed by atoms with Gasteiger partial charge in [0.15, 0.2) is 11.5 Å². The van der Waals surface area contributed by atoms with Crippen LogP contribution in [-0.2, 0) is 4.74 Å². The molecule has 0 amide bonds. The molecule has 0 saturated heterocycles. The van der Waals surface area contributed by atoms with E-state index in [2.05, 4.69) is 5.32 Å². The summed E-state index contributed by atoms with van der Waals surface area (Å²) in [5.74, 6) is 1.58. The first-order valence-corrected chi connectivity index (χ1v) is 6.18. The van der Waals surface area contributed by atoms with Gasteiger partial charge in [-0.1, -0.05) is 0 Å². The Morgan fingerprint density at radius 2 is 2.22 bits per heavy atom. The van der Waals surface area contributed by atoms with Gasteiger partial charge in [0.2, 0.25) is 6.79 Å². The number of hydrogen-bond acceptors (Lipinski definition) is 5. The number of hydrogen-bond donors (Lipinski definition) is 2. The zero-order chi connectivity index (χ0) is 12.8. The first kappa shape index (κ1) is 13.0. The Balaban J connectivity index is 1.97. The Labute approximate surface area is 107 Å². The molecule has 0 aromatic heterocycles. The van der Waals surface area contributed by atoms with Crippen molar-refractivity contribution in [2.24, 2.45) is 5.73 Å². The Kier molecular flexibility index (Phi) is 4.66. The molecule has 100 valence electrons. The van der Waals surface area contributed by atoms with Gasteiger partial charge in [-0.25, -0.2) is 0 Å². The number of nitrogens with two attached hydrogens (primary N) is 1. The van der Waals surface area contributed by atoms with E-state index in [0.29, 0.717) is 19.9 Å². The van der Waals surface area contributed by atoms with E-state index < -0.39 is 0 Å². The van der Waals surface area contributed by atoms with Crippen molar-refractivity contribution < 1.29 is 14.2 Å². The fourth-order valence-corrected chi connectivity index (χ4v) is 1.98. The van der Waals surface area contributed by atoms with Crippen LogP contribution in [0.5, 0.6) is 11.5 Å². The van der Waals surface area contributed by atoms with Crippen LogP contribution in [0.3, 0.4) is 0 Å². The second kappa shape index (κ2) is 6.47. The quantitative estimate of drug-likeness (QED) is 0.771. The van der Waals surface area contributed by atoms with Gasteiger partial charge in [0.25, 0.3) is 0 Å². The summed E-state index contributed by atoms with van der Waals surface area (Å²) in [5.41, 5.74) is 6.55. The van der Waals surface area contributed by atoms with Gasteiger partial charge < -0.3 is 25.3 Å². The van der Waals surface area contributed by atoms with Gasteiger partial charge in [0.05, 0.1) is 6.61 Å². The molecule has 1 aliphatic rings. The molecule has 1 aromatic carbocycles. The summed E-state index contributed by atoms with van der Waals surface area (Å²) in [6, 6.07) is 6.11. The van der Waals surface area contributed by atoms with Crippen LogP contribution in [0.4, 0.5) is 5.69 Å².